The molecule has 1 atom stereocenters. The van der Waals surface area contributed by atoms with Crippen LogP contribution in [0.15, 0.2) is 42.9 Å². The van der Waals surface area contributed by atoms with Crippen molar-refractivity contribution in [2.24, 2.45) is 0 Å². The van der Waals surface area contributed by atoms with E-state index in [1.165, 1.54) is 11.3 Å². The summed E-state index contributed by atoms with van der Waals surface area (Å²) in [5, 5.41) is 0. The SMILES string of the molecule is C[C@@H]1Cc2ccccc2N1C(=O)COC(=O)c1cn2ccnc2s1. The van der Waals surface area contributed by atoms with Crippen molar-refractivity contribution in [3.63, 3.8) is 0 Å². The van der Waals surface area contributed by atoms with Gasteiger partial charge in [0.05, 0.1) is 0 Å². The first kappa shape index (κ1) is 14.9. The molecule has 0 fully saturated rings. The first-order valence-electron chi connectivity index (χ1n) is 7.63. The summed E-state index contributed by atoms with van der Waals surface area (Å²) >= 11 is 1.24. The van der Waals surface area contributed by atoms with Crippen LogP contribution in [0, 0.1) is 0 Å². The zero-order chi connectivity index (χ0) is 16.7. The van der Waals surface area contributed by atoms with Crippen LogP contribution in [0.5, 0.6) is 0 Å². The number of ether oxygens (including phenoxy) is 1. The minimum Gasteiger partial charge on any atom is -0.451 e. The molecule has 3 aromatic rings. The first-order valence-corrected chi connectivity index (χ1v) is 8.45. The van der Waals surface area contributed by atoms with Crippen molar-refractivity contribution >= 4 is 33.9 Å². The van der Waals surface area contributed by atoms with Crippen LogP contribution in [0.4, 0.5) is 5.69 Å². The second-order valence-corrected chi connectivity index (χ2v) is 6.74. The second-order valence-electron chi connectivity index (χ2n) is 5.73. The van der Waals surface area contributed by atoms with E-state index in [1.807, 2.05) is 31.2 Å². The monoisotopic (exact) mass is 341 g/mol. The summed E-state index contributed by atoms with van der Waals surface area (Å²) in [6.45, 7) is 1.73. The van der Waals surface area contributed by atoms with Gasteiger partial charge in [-0.3, -0.25) is 9.20 Å². The number of benzene rings is 1. The number of carbonyl (C=O) groups is 2. The number of nitrogens with zero attached hydrogens (tertiary/aromatic N) is 3. The lowest BCUT2D eigenvalue weighted by Crippen LogP contribution is -2.38. The molecule has 0 radical (unpaired) electrons. The summed E-state index contributed by atoms with van der Waals surface area (Å²) in [7, 11) is 0. The molecule has 24 heavy (non-hydrogen) atoms. The van der Waals surface area contributed by atoms with Crippen LogP contribution in [-0.2, 0) is 16.0 Å². The van der Waals surface area contributed by atoms with Crippen molar-refractivity contribution in [3.8, 4) is 0 Å². The molecule has 0 bridgehead atoms. The van der Waals surface area contributed by atoms with E-state index in [9.17, 15) is 9.59 Å². The molecule has 0 N–H and O–H groups in total. The van der Waals surface area contributed by atoms with Crippen LogP contribution in [-0.4, -0.2) is 33.9 Å². The van der Waals surface area contributed by atoms with Gasteiger partial charge in [0.25, 0.3) is 5.91 Å². The van der Waals surface area contributed by atoms with Crippen LogP contribution in [0.2, 0.25) is 0 Å². The molecule has 2 aromatic heterocycles. The van der Waals surface area contributed by atoms with E-state index >= 15 is 0 Å². The second kappa shape index (κ2) is 5.76. The largest absolute Gasteiger partial charge is 0.451 e. The van der Waals surface area contributed by atoms with Crippen molar-refractivity contribution in [1.82, 2.24) is 9.38 Å². The van der Waals surface area contributed by atoms with Gasteiger partial charge in [-0.1, -0.05) is 29.5 Å². The van der Waals surface area contributed by atoms with Crippen molar-refractivity contribution in [2.75, 3.05) is 11.5 Å². The van der Waals surface area contributed by atoms with E-state index in [4.69, 9.17) is 4.74 Å². The molecule has 122 valence electrons. The van der Waals surface area contributed by atoms with Gasteiger partial charge >= 0.3 is 5.97 Å². The van der Waals surface area contributed by atoms with Crippen molar-refractivity contribution < 1.29 is 14.3 Å². The fourth-order valence-corrected chi connectivity index (χ4v) is 3.87. The fraction of sp³-hybridized carbons (Fsp3) is 0.235. The fourth-order valence-electron chi connectivity index (χ4n) is 3.04. The Balaban J connectivity index is 1.45. The van der Waals surface area contributed by atoms with Gasteiger partial charge in [0, 0.05) is 30.3 Å². The number of hydrogen-bond donors (Lipinski definition) is 0. The highest BCUT2D eigenvalue weighted by Crippen LogP contribution is 2.31. The number of fused-ring (bicyclic) bond motifs is 2. The van der Waals surface area contributed by atoms with Gasteiger partial charge in [-0.2, -0.15) is 0 Å². The normalized spacial score (nSPS) is 16.4. The Morgan fingerprint density at radius 2 is 2.21 bits per heavy atom. The average Bonchev–Trinajstić information content (AvgIpc) is 3.23. The number of aromatic nitrogens is 2. The Morgan fingerprint density at radius 1 is 1.38 bits per heavy atom. The molecule has 1 aliphatic rings. The summed E-state index contributed by atoms with van der Waals surface area (Å²) in [4.78, 5) is 31.6. The van der Waals surface area contributed by atoms with E-state index in [2.05, 4.69) is 4.98 Å². The number of amides is 1. The van der Waals surface area contributed by atoms with E-state index in [-0.39, 0.29) is 18.6 Å². The van der Waals surface area contributed by atoms with Gasteiger partial charge in [0.15, 0.2) is 11.6 Å². The summed E-state index contributed by atoms with van der Waals surface area (Å²) in [6, 6.07) is 7.88. The summed E-state index contributed by atoms with van der Waals surface area (Å²) in [5.74, 6) is -0.707. The van der Waals surface area contributed by atoms with Crippen LogP contribution in [0.3, 0.4) is 0 Å². The molecule has 7 heteroatoms. The zero-order valence-corrected chi connectivity index (χ0v) is 13.8. The van der Waals surface area contributed by atoms with E-state index in [1.54, 1.807) is 27.9 Å². The van der Waals surface area contributed by atoms with Crippen LogP contribution in [0.1, 0.15) is 22.2 Å². The number of carbonyl (C=O) groups excluding carboxylic acids is 2. The maximum Gasteiger partial charge on any atom is 0.350 e. The topological polar surface area (TPSA) is 63.9 Å². The van der Waals surface area contributed by atoms with Crippen molar-refractivity contribution in [2.45, 2.75) is 19.4 Å². The van der Waals surface area contributed by atoms with Gasteiger partial charge in [0.1, 0.15) is 4.88 Å². The minimum absolute atomic E-state index is 0.0682. The Hall–Kier alpha value is -2.67. The number of rotatable bonds is 3. The zero-order valence-electron chi connectivity index (χ0n) is 13.0. The highest BCUT2D eigenvalue weighted by atomic mass is 32.1. The quantitative estimate of drug-likeness (QED) is 0.687. The molecule has 0 unspecified atom stereocenters. The third-order valence-electron chi connectivity index (χ3n) is 4.09. The molecule has 1 amide bonds. The third kappa shape index (κ3) is 2.46. The predicted molar refractivity (Wildman–Crippen MR) is 90.4 cm³/mol. The first-order chi connectivity index (χ1) is 11.6. The molecule has 3 heterocycles. The van der Waals surface area contributed by atoms with Gasteiger partial charge in [-0.15, -0.1) is 0 Å². The molecule has 6 nitrogen and oxygen atoms in total. The smallest absolute Gasteiger partial charge is 0.350 e. The number of hydrogen-bond acceptors (Lipinski definition) is 5. The Kier molecular flexibility index (Phi) is 3.57. The lowest BCUT2D eigenvalue weighted by Gasteiger charge is -2.22. The molecule has 1 aliphatic heterocycles. The van der Waals surface area contributed by atoms with Crippen LogP contribution < -0.4 is 4.90 Å². The van der Waals surface area contributed by atoms with Gasteiger partial charge in [-0.25, -0.2) is 9.78 Å². The molecule has 4 rings (SSSR count). The Morgan fingerprint density at radius 3 is 3.04 bits per heavy atom. The number of esters is 1. The maximum atomic E-state index is 12.5. The Bertz CT molecular complexity index is 901. The van der Waals surface area contributed by atoms with E-state index < -0.39 is 5.97 Å². The lowest BCUT2D eigenvalue weighted by atomic mass is 10.1. The van der Waals surface area contributed by atoms with Gasteiger partial charge in [0.2, 0.25) is 0 Å². The average molecular weight is 341 g/mol. The molecule has 0 aliphatic carbocycles. The highest BCUT2D eigenvalue weighted by Gasteiger charge is 2.31. The van der Waals surface area contributed by atoms with E-state index in [0.29, 0.717) is 4.88 Å². The van der Waals surface area contributed by atoms with Gasteiger partial charge in [-0.05, 0) is 25.0 Å². The lowest BCUT2D eigenvalue weighted by molar-refractivity contribution is -0.122. The van der Waals surface area contributed by atoms with Crippen LogP contribution in [0.25, 0.3) is 4.96 Å². The highest BCUT2D eigenvalue weighted by molar-refractivity contribution is 7.18. The maximum absolute atomic E-state index is 12.5. The summed E-state index contributed by atoms with van der Waals surface area (Å²) < 4.78 is 6.96. The number of para-hydroxylation sites is 1. The predicted octanol–water partition coefficient (Wildman–Crippen LogP) is 2.53. The molecule has 0 saturated heterocycles. The molecule has 1 aromatic carbocycles. The molecule has 0 saturated carbocycles. The van der Waals surface area contributed by atoms with Gasteiger partial charge < -0.3 is 9.64 Å². The third-order valence-corrected chi connectivity index (χ3v) is 5.09. The summed E-state index contributed by atoms with van der Waals surface area (Å²) in [6.07, 6.45) is 5.90. The standard InChI is InChI=1S/C17H15N3O3S/c1-11-8-12-4-2-3-5-13(12)20(11)15(21)10-23-16(22)14-9-19-7-6-18-17(19)24-14/h2-7,9,11H,8,10H2,1H3/t11-/m1/s1. The number of imidazole rings is 1. The molecular weight excluding hydrogens is 326 g/mol. The number of thiazole rings is 1. The minimum atomic E-state index is -0.501. The van der Waals surface area contributed by atoms with E-state index in [0.717, 1.165) is 22.6 Å². The van der Waals surface area contributed by atoms with Crippen molar-refractivity contribution in [1.29, 1.82) is 0 Å². The Labute approximate surface area is 142 Å². The van der Waals surface area contributed by atoms with Crippen molar-refractivity contribution in [3.05, 3.63) is 53.3 Å². The summed E-state index contributed by atoms with van der Waals surface area (Å²) in [5.41, 5.74) is 2.05. The van der Waals surface area contributed by atoms with Crippen LogP contribution >= 0.6 is 11.3 Å². The molecular formula is C17H15N3O3S. The molecule has 0 spiro atoms. The number of anilines is 1.